The molecule has 0 aromatic carbocycles. The Morgan fingerprint density at radius 2 is 2.06 bits per heavy atom. The Balaban J connectivity index is 2.28. The Morgan fingerprint density at radius 1 is 1.44 bits per heavy atom. The zero-order valence-corrected chi connectivity index (χ0v) is 9.49. The molecule has 0 saturated carbocycles. The number of carbonyl (C=O) groups excluding carboxylic acids is 2. The van der Waals surface area contributed by atoms with Crippen molar-refractivity contribution in [2.45, 2.75) is 32.1 Å². The molecule has 1 aliphatic heterocycles. The van der Waals surface area contributed by atoms with Gasteiger partial charge in [0.15, 0.2) is 0 Å². The van der Waals surface area contributed by atoms with Crippen molar-refractivity contribution in [3.63, 3.8) is 0 Å². The molecule has 2 heterocycles. The standard InChI is InChI=1S/C11H15N3O2/c1-3-9-8(6-14(2)13-9)7-4-10(15)12-11(16)5-7/h6-7H,3-5H2,1-2H3,(H,12,15,16). The van der Waals surface area contributed by atoms with E-state index in [4.69, 9.17) is 0 Å². The summed E-state index contributed by atoms with van der Waals surface area (Å²) in [6.45, 7) is 2.02. The minimum atomic E-state index is -0.188. The first-order valence-corrected chi connectivity index (χ1v) is 5.45. The first-order valence-electron chi connectivity index (χ1n) is 5.45. The molecule has 1 saturated heterocycles. The molecule has 0 unspecified atom stereocenters. The van der Waals surface area contributed by atoms with Crippen molar-refractivity contribution in [2.24, 2.45) is 7.05 Å². The van der Waals surface area contributed by atoms with Gasteiger partial charge in [-0.15, -0.1) is 0 Å². The number of aromatic nitrogens is 2. The molecule has 1 aromatic rings. The molecular formula is C11H15N3O2. The number of aryl methyl sites for hydroxylation is 2. The SMILES string of the molecule is CCc1nn(C)cc1C1CC(=O)NC(=O)C1. The lowest BCUT2D eigenvalue weighted by Gasteiger charge is -2.20. The molecule has 1 fully saturated rings. The van der Waals surface area contributed by atoms with Crippen LogP contribution in [0.25, 0.3) is 0 Å². The van der Waals surface area contributed by atoms with E-state index in [-0.39, 0.29) is 17.7 Å². The summed E-state index contributed by atoms with van der Waals surface area (Å²) in [5, 5.41) is 6.65. The van der Waals surface area contributed by atoms with Crippen molar-refractivity contribution < 1.29 is 9.59 Å². The molecule has 5 heteroatoms. The van der Waals surface area contributed by atoms with Crippen LogP contribution >= 0.6 is 0 Å². The van der Waals surface area contributed by atoms with Crippen molar-refractivity contribution >= 4 is 11.8 Å². The van der Waals surface area contributed by atoms with Gasteiger partial charge in [-0.2, -0.15) is 5.10 Å². The Kier molecular flexibility index (Phi) is 2.77. The van der Waals surface area contributed by atoms with Crippen molar-refractivity contribution in [3.8, 4) is 0 Å². The van der Waals surface area contributed by atoms with Crippen LogP contribution in [0.2, 0.25) is 0 Å². The van der Waals surface area contributed by atoms with Gasteiger partial charge < -0.3 is 0 Å². The van der Waals surface area contributed by atoms with E-state index in [1.165, 1.54) is 0 Å². The van der Waals surface area contributed by atoms with Gasteiger partial charge in [-0.05, 0) is 12.0 Å². The summed E-state index contributed by atoms with van der Waals surface area (Å²) in [5.41, 5.74) is 2.02. The predicted octanol–water partition coefficient (Wildman–Crippen LogP) is 0.503. The second kappa shape index (κ2) is 4.08. The number of amides is 2. The highest BCUT2D eigenvalue weighted by molar-refractivity contribution is 5.98. The summed E-state index contributed by atoms with van der Waals surface area (Å²) in [4.78, 5) is 22.6. The van der Waals surface area contributed by atoms with Crippen LogP contribution in [0.3, 0.4) is 0 Å². The van der Waals surface area contributed by atoms with Gasteiger partial charge in [0.1, 0.15) is 0 Å². The molecule has 1 aliphatic rings. The number of nitrogens with one attached hydrogen (secondary N) is 1. The Bertz CT molecular complexity index is 420. The number of hydrogen-bond donors (Lipinski definition) is 1. The molecule has 0 aliphatic carbocycles. The number of piperidine rings is 1. The molecule has 0 radical (unpaired) electrons. The number of carbonyl (C=O) groups is 2. The third-order valence-electron chi connectivity index (χ3n) is 2.85. The third-order valence-corrected chi connectivity index (χ3v) is 2.85. The number of rotatable bonds is 2. The number of hydrogen-bond acceptors (Lipinski definition) is 3. The van der Waals surface area contributed by atoms with E-state index in [1.807, 2.05) is 20.2 Å². The van der Waals surface area contributed by atoms with Gasteiger partial charge in [0.2, 0.25) is 11.8 Å². The minimum Gasteiger partial charge on any atom is -0.296 e. The molecule has 86 valence electrons. The van der Waals surface area contributed by atoms with Crippen LogP contribution < -0.4 is 5.32 Å². The maximum atomic E-state index is 11.3. The molecule has 1 aromatic heterocycles. The van der Waals surface area contributed by atoms with Gasteiger partial charge in [-0.25, -0.2) is 0 Å². The smallest absolute Gasteiger partial charge is 0.227 e. The molecule has 2 rings (SSSR count). The zero-order chi connectivity index (χ0) is 11.7. The van der Waals surface area contributed by atoms with Crippen molar-refractivity contribution in [3.05, 3.63) is 17.5 Å². The summed E-state index contributed by atoms with van der Waals surface area (Å²) in [6.07, 6.45) is 3.49. The molecule has 0 atom stereocenters. The Hall–Kier alpha value is -1.65. The van der Waals surface area contributed by atoms with Crippen molar-refractivity contribution in [1.29, 1.82) is 0 Å². The quantitative estimate of drug-likeness (QED) is 0.740. The average Bonchev–Trinajstić information content (AvgIpc) is 2.58. The van der Waals surface area contributed by atoms with Gasteiger partial charge in [-0.3, -0.25) is 19.6 Å². The van der Waals surface area contributed by atoms with E-state index in [0.717, 1.165) is 17.7 Å². The van der Waals surface area contributed by atoms with E-state index < -0.39 is 0 Å². The van der Waals surface area contributed by atoms with Gasteiger partial charge in [0.25, 0.3) is 0 Å². The van der Waals surface area contributed by atoms with E-state index in [2.05, 4.69) is 10.4 Å². The largest absolute Gasteiger partial charge is 0.296 e. The normalized spacial score (nSPS) is 17.6. The second-order valence-corrected chi connectivity index (χ2v) is 4.13. The minimum absolute atomic E-state index is 0.00935. The second-order valence-electron chi connectivity index (χ2n) is 4.13. The molecule has 2 amide bonds. The van der Waals surface area contributed by atoms with Crippen LogP contribution in [0.5, 0.6) is 0 Å². The van der Waals surface area contributed by atoms with Crippen molar-refractivity contribution in [1.82, 2.24) is 15.1 Å². The van der Waals surface area contributed by atoms with Gasteiger partial charge in [0, 0.05) is 32.0 Å². The summed E-state index contributed by atoms with van der Waals surface area (Å²) in [6, 6.07) is 0. The van der Waals surface area contributed by atoms with E-state index >= 15 is 0 Å². The summed E-state index contributed by atoms with van der Waals surface area (Å²) in [5.74, 6) is -0.385. The fourth-order valence-corrected chi connectivity index (χ4v) is 2.17. The highest BCUT2D eigenvalue weighted by Gasteiger charge is 2.28. The van der Waals surface area contributed by atoms with Crippen LogP contribution in [-0.2, 0) is 23.1 Å². The van der Waals surface area contributed by atoms with Gasteiger partial charge in [0.05, 0.1) is 5.69 Å². The maximum Gasteiger partial charge on any atom is 0.227 e. The van der Waals surface area contributed by atoms with Gasteiger partial charge in [-0.1, -0.05) is 6.92 Å². The molecule has 1 N–H and O–H groups in total. The lowest BCUT2D eigenvalue weighted by molar-refractivity contribution is -0.133. The van der Waals surface area contributed by atoms with E-state index in [0.29, 0.717) is 12.8 Å². The van der Waals surface area contributed by atoms with Crippen LogP contribution in [0.4, 0.5) is 0 Å². The fourth-order valence-electron chi connectivity index (χ4n) is 2.17. The van der Waals surface area contributed by atoms with Crippen LogP contribution in [0.15, 0.2) is 6.20 Å². The first kappa shape index (κ1) is 10.9. The van der Waals surface area contributed by atoms with Crippen LogP contribution in [0, 0.1) is 0 Å². The Labute approximate surface area is 93.8 Å². The summed E-state index contributed by atoms with van der Waals surface area (Å²) >= 11 is 0. The van der Waals surface area contributed by atoms with Crippen molar-refractivity contribution in [2.75, 3.05) is 0 Å². The lowest BCUT2D eigenvalue weighted by atomic mass is 9.89. The summed E-state index contributed by atoms with van der Waals surface area (Å²) < 4.78 is 1.74. The maximum absolute atomic E-state index is 11.3. The highest BCUT2D eigenvalue weighted by atomic mass is 16.2. The van der Waals surface area contributed by atoms with Crippen LogP contribution in [0.1, 0.15) is 36.9 Å². The summed E-state index contributed by atoms with van der Waals surface area (Å²) in [7, 11) is 1.85. The predicted molar refractivity (Wildman–Crippen MR) is 57.7 cm³/mol. The molecular weight excluding hydrogens is 206 g/mol. The monoisotopic (exact) mass is 221 g/mol. The molecule has 0 bridgehead atoms. The molecule has 0 spiro atoms. The van der Waals surface area contributed by atoms with Crippen LogP contribution in [-0.4, -0.2) is 21.6 Å². The fraction of sp³-hybridized carbons (Fsp3) is 0.545. The highest BCUT2D eigenvalue weighted by Crippen LogP contribution is 2.28. The Morgan fingerprint density at radius 3 is 2.62 bits per heavy atom. The lowest BCUT2D eigenvalue weighted by Crippen LogP contribution is -2.37. The molecule has 16 heavy (non-hydrogen) atoms. The molecule has 5 nitrogen and oxygen atoms in total. The van der Waals surface area contributed by atoms with E-state index in [9.17, 15) is 9.59 Å². The number of imide groups is 1. The first-order chi connectivity index (χ1) is 7.60. The number of nitrogens with zero attached hydrogens (tertiary/aromatic N) is 2. The topological polar surface area (TPSA) is 64.0 Å². The van der Waals surface area contributed by atoms with Gasteiger partial charge >= 0.3 is 0 Å². The van der Waals surface area contributed by atoms with E-state index in [1.54, 1.807) is 4.68 Å². The average molecular weight is 221 g/mol. The zero-order valence-electron chi connectivity index (χ0n) is 9.49. The third kappa shape index (κ3) is 1.98.